The van der Waals surface area contributed by atoms with Crippen molar-refractivity contribution in [2.24, 2.45) is 5.92 Å². The summed E-state index contributed by atoms with van der Waals surface area (Å²) in [6.07, 6.45) is 0.227. The minimum Gasteiger partial charge on any atom is -0.508 e. The third-order valence-electron chi connectivity index (χ3n) is 2.30. The van der Waals surface area contributed by atoms with E-state index in [2.05, 4.69) is 0 Å². The molecule has 0 spiro atoms. The van der Waals surface area contributed by atoms with E-state index in [1.807, 2.05) is 0 Å². The topological polar surface area (TPSA) is 66.8 Å². The zero-order valence-electron chi connectivity index (χ0n) is 9.03. The molecule has 0 aliphatic rings. The predicted octanol–water partition coefficient (Wildman–Crippen LogP) is 2.32. The second-order valence-electron chi connectivity index (χ2n) is 3.56. The second-order valence-corrected chi connectivity index (χ2v) is 3.97. The summed E-state index contributed by atoms with van der Waals surface area (Å²) in [7, 11) is 1.44. The maximum atomic E-state index is 10.7. The van der Waals surface area contributed by atoms with Gasteiger partial charge in [-0.3, -0.25) is 4.79 Å². The Balaban J connectivity index is 2.98. The third-order valence-corrected chi connectivity index (χ3v) is 2.60. The fourth-order valence-electron chi connectivity index (χ4n) is 1.32. The van der Waals surface area contributed by atoms with Crippen LogP contribution in [0.1, 0.15) is 12.5 Å². The quantitative estimate of drug-likeness (QED) is 0.853. The summed E-state index contributed by atoms with van der Waals surface area (Å²) in [6.45, 7) is 1.57. The molecule has 0 aliphatic heterocycles. The molecule has 2 N–H and O–H groups in total. The van der Waals surface area contributed by atoms with Gasteiger partial charge in [0.2, 0.25) is 0 Å². The normalized spacial score (nSPS) is 12.2. The van der Waals surface area contributed by atoms with Crippen LogP contribution < -0.4 is 4.74 Å². The molecule has 16 heavy (non-hydrogen) atoms. The SMILES string of the molecule is COc1cc(O)c(CC(C)C(=O)O)cc1Cl. The highest BCUT2D eigenvalue weighted by Crippen LogP contribution is 2.32. The number of phenolic OH excluding ortho intramolecular Hbond substituents is 1. The lowest BCUT2D eigenvalue weighted by molar-refractivity contribution is -0.141. The van der Waals surface area contributed by atoms with Gasteiger partial charge in [0.15, 0.2) is 0 Å². The first-order valence-corrected chi connectivity index (χ1v) is 5.11. The largest absolute Gasteiger partial charge is 0.508 e. The average molecular weight is 245 g/mol. The van der Waals surface area contributed by atoms with Crippen LogP contribution in [0.4, 0.5) is 0 Å². The highest BCUT2D eigenvalue weighted by Gasteiger charge is 2.16. The molecule has 5 heteroatoms. The molecular formula is C11H13ClO4. The van der Waals surface area contributed by atoms with E-state index in [0.29, 0.717) is 16.3 Å². The summed E-state index contributed by atoms with van der Waals surface area (Å²) in [6, 6.07) is 2.90. The van der Waals surface area contributed by atoms with Gasteiger partial charge in [-0.25, -0.2) is 0 Å². The highest BCUT2D eigenvalue weighted by molar-refractivity contribution is 6.32. The minimum absolute atomic E-state index is 0.00523. The molecule has 0 bridgehead atoms. The van der Waals surface area contributed by atoms with E-state index in [4.69, 9.17) is 21.4 Å². The molecule has 1 rings (SSSR count). The van der Waals surface area contributed by atoms with Gasteiger partial charge in [0.1, 0.15) is 11.5 Å². The van der Waals surface area contributed by atoms with Gasteiger partial charge in [-0.05, 0) is 18.1 Å². The van der Waals surface area contributed by atoms with Gasteiger partial charge in [-0.2, -0.15) is 0 Å². The summed E-state index contributed by atoms with van der Waals surface area (Å²) >= 11 is 5.88. The molecule has 1 aromatic carbocycles. The smallest absolute Gasteiger partial charge is 0.306 e. The third kappa shape index (κ3) is 2.79. The van der Waals surface area contributed by atoms with E-state index >= 15 is 0 Å². The number of phenols is 1. The van der Waals surface area contributed by atoms with Crippen molar-refractivity contribution in [1.29, 1.82) is 0 Å². The first-order valence-electron chi connectivity index (χ1n) is 4.74. The molecule has 0 aliphatic carbocycles. The standard InChI is InChI=1S/C11H13ClO4/c1-6(11(14)15)3-7-4-8(12)10(16-2)5-9(7)13/h4-6,13H,3H2,1-2H3,(H,14,15). The minimum atomic E-state index is -0.911. The van der Waals surface area contributed by atoms with Crippen LogP contribution in [-0.2, 0) is 11.2 Å². The Labute approximate surface area is 98.4 Å². The monoisotopic (exact) mass is 244 g/mol. The summed E-state index contributed by atoms with van der Waals surface area (Å²) in [4.78, 5) is 10.7. The molecule has 0 saturated heterocycles. The van der Waals surface area contributed by atoms with Crippen LogP contribution in [-0.4, -0.2) is 23.3 Å². The maximum Gasteiger partial charge on any atom is 0.306 e. The van der Waals surface area contributed by atoms with Crippen LogP contribution in [0.2, 0.25) is 5.02 Å². The van der Waals surface area contributed by atoms with E-state index in [1.165, 1.54) is 19.2 Å². The molecular weight excluding hydrogens is 232 g/mol. The fourth-order valence-corrected chi connectivity index (χ4v) is 1.58. The zero-order chi connectivity index (χ0) is 12.3. The summed E-state index contributed by atoms with van der Waals surface area (Å²) < 4.78 is 4.92. The number of methoxy groups -OCH3 is 1. The summed E-state index contributed by atoms with van der Waals surface area (Å²) in [5.41, 5.74) is 0.501. The van der Waals surface area contributed by atoms with Crippen LogP contribution >= 0.6 is 11.6 Å². The molecule has 4 nitrogen and oxygen atoms in total. The Kier molecular flexibility index (Phi) is 4.01. The van der Waals surface area contributed by atoms with Crippen molar-refractivity contribution < 1.29 is 19.7 Å². The fraction of sp³-hybridized carbons (Fsp3) is 0.364. The summed E-state index contributed by atoms with van der Waals surface area (Å²) in [5, 5.41) is 18.8. The van der Waals surface area contributed by atoms with Gasteiger partial charge in [0.25, 0.3) is 0 Å². The molecule has 0 heterocycles. The Morgan fingerprint density at radius 3 is 2.69 bits per heavy atom. The van der Waals surface area contributed by atoms with Gasteiger partial charge in [-0.15, -0.1) is 0 Å². The summed E-state index contributed by atoms with van der Waals surface area (Å²) in [5.74, 6) is -1.12. The number of aromatic hydroxyl groups is 1. The van der Waals surface area contributed by atoms with Gasteiger partial charge in [0, 0.05) is 6.07 Å². The van der Waals surface area contributed by atoms with Crippen molar-refractivity contribution in [3.63, 3.8) is 0 Å². The second kappa shape index (κ2) is 5.07. The van der Waals surface area contributed by atoms with Gasteiger partial charge in [-0.1, -0.05) is 18.5 Å². The van der Waals surface area contributed by atoms with Gasteiger partial charge >= 0.3 is 5.97 Å². The van der Waals surface area contributed by atoms with Gasteiger partial charge in [0.05, 0.1) is 18.1 Å². The first kappa shape index (κ1) is 12.6. The van der Waals surface area contributed by atoms with Crippen molar-refractivity contribution >= 4 is 17.6 Å². The number of carbonyl (C=O) groups is 1. The van der Waals surface area contributed by atoms with E-state index in [9.17, 15) is 9.90 Å². The molecule has 0 fully saturated rings. The number of hydrogen-bond acceptors (Lipinski definition) is 3. The molecule has 1 aromatic rings. The molecule has 1 atom stereocenters. The van der Waals surface area contributed by atoms with Crippen molar-refractivity contribution in [3.05, 3.63) is 22.7 Å². The molecule has 1 unspecified atom stereocenters. The Bertz CT molecular complexity index is 403. The van der Waals surface area contributed by atoms with Crippen LogP contribution in [0.25, 0.3) is 0 Å². The number of hydrogen-bond donors (Lipinski definition) is 2. The lowest BCUT2D eigenvalue weighted by Crippen LogP contribution is -2.12. The van der Waals surface area contributed by atoms with Crippen LogP contribution in [0.15, 0.2) is 12.1 Å². The predicted molar refractivity (Wildman–Crippen MR) is 60.2 cm³/mol. The maximum absolute atomic E-state index is 10.7. The Morgan fingerprint density at radius 1 is 1.56 bits per heavy atom. The van der Waals surface area contributed by atoms with Crippen molar-refractivity contribution in [1.82, 2.24) is 0 Å². The van der Waals surface area contributed by atoms with Crippen LogP contribution in [0.5, 0.6) is 11.5 Å². The van der Waals surface area contributed by atoms with Crippen LogP contribution in [0, 0.1) is 5.92 Å². The van der Waals surface area contributed by atoms with E-state index in [0.717, 1.165) is 0 Å². The van der Waals surface area contributed by atoms with E-state index in [1.54, 1.807) is 6.92 Å². The number of aliphatic carboxylic acids is 1. The Morgan fingerprint density at radius 2 is 2.19 bits per heavy atom. The number of rotatable bonds is 4. The van der Waals surface area contributed by atoms with E-state index in [-0.39, 0.29) is 12.2 Å². The van der Waals surface area contributed by atoms with Crippen molar-refractivity contribution in [2.75, 3.05) is 7.11 Å². The lowest BCUT2D eigenvalue weighted by atomic mass is 10.0. The molecule has 0 aromatic heterocycles. The lowest BCUT2D eigenvalue weighted by Gasteiger charge is -2.11. The van der Waals surface area contributed by atoms with Crippen LogP contribution in [0.3, 0.4) is 0 Å². The number of benzene rings is 1. The molecule has 0 radical (unpaired) electrons. The molecule has 0 saturated carbocycles. The number of carboxylic acids is 1. The average Bonchev–Trinajstić information content (AvgIpc) is 2.22. The van der Waals surface area contributed by atoms with E-state index < -0.39 is 11.9 Å². The Hall–Kier alpha value is -1.42. The van der Waals surface area contributed by atoms with Gasteiger partial charge < -0.3 is 14.9 Å². The first-order chi connectivity index (χ1) is 7.45. The molecule has 0 amide bonds. The number of carboxylic acid groups (broad SMARTS) is 1. The highest BCUT2D eigenvalue weighted by atomic mass is 35.5. The number of ether oxygens (including phenoxy) is 1. The molecule has 88 valence electrons. The van der Waals surface area contributed by atoms with Crippen molar-refractivity contribution in [2.45, 2.75) is 13.3 Å². The number of halogens is 1. The zero-order valence-corrected chi connectivity index (χ0v) is 9.78. The van der Waals surface area contributed by atoms with Crippen molar-refractivity contribution in [3.8, 4) is 11.5 Å².